The number of anilines is 1. The van der Waals surface area contributed by atoms with Crippen molar-refractivity contribution in [3.05, 3.63) is 65.5 Å². The minimum absolute atomic E-state index is 0.470. The molecule has 106 valence electrons. The summed E-state index contributed by atoms with van der Waals surface area (Å²) in [6, 6.07) is 13.5. The van der Waals surface area contributed by atoms with Crippen molar-refractivity contribution in [2.75, 3.05) is 5.73 Å². The van der Waals surface area contributed by atoms with Gasteiger partial charge in [0.25, 0.3) is 0 Å². The van der Waals surface area contributed by atoms with Crippen LogP contribution in [0, 0.1) is 6.92 Å². The summed E-state index contributed by atoms with van der Waals surface area (Å²) in [5.41, 5.74) is 9.44. The molecule has 0 saturated heterocycles. The fourth-order valence-electron chi connectivity index (χ4n) is 2.42. The van der Waals surface area contributed by atoms with Crippen LogP contribution in [-0.2, 0) is 6.42 Å². The van der Waals surface area contributed by atoms with Gasteiger partial charge in [0.15, 0.2) is 0 Å². The average Bonchev–Trinajstić information content (AvgIpc) is 2.46. The summed E-state index contributed by atoms with van der Waals surface area (Å²) < 4.78 is 0. The number of aromatic nitrogens is 2. The largest absolute Gasteiger partial charge is 0.388 e. The second-order valence-corrected chi connectivity index (χ2v) is 5.21. The number of rotatable bonds is 3. The molecule has 21 heavy (non-hydrogen) atoms. The number of pyridine rings is 2. The van der Waals surface area contributed by atoms with Gasteiger partial charge < -0.3 is 10.8 Å². The molecule has 0 aliphatic carbocycles. The van der Waals surface area contributed by atoms with E-state index in [1.54, 1.807) is 12.3 Å². The average molecular weight is 279 g/mol. The number of hydrogen-bond donors (Lipinski definition) is 2. The van der Waals surface area contributed by atoms with Gasteiger partial charge in [0, 0.05) is 23.7 Å². The van der Waals surface area contributed by atoms with E-state index in [1.807, 2.05) is 43.3 Å². The predicted octanol–water partition coefficient (Wildman–Crippen LogP) is 2.80. The Hall–Kier alpha value is -2.46. The van der Waals surface area contributed by atoms with Crippen molar-refractivity contribution in [3.63, 3.8) is 0 Å². The Morgan fingerprint density at radius 3 is 2.81 bits per heavy atom. The van der Waals surface area contributed by atoms with E-state index >= 15 is 0 Å². The lowest BCUT2D eigenvalue weighted by Crippen LogP contribution is -2.03. The van der Waals surface area contributed by atoms with E-state index in [0.717, 1.165) is 27.7 Å². The van der Waals surface area contributed by atoms with E-state index in [1.165, 1.54) is 0 Å². The number of nitrogens with zero attached hydrogens (tertiary/aromatic N) is 2. The quantitative estimate of drug-likeness (QED) is 0.773. The van der Waals surface area contributed by atoms with Gasteiger partial charge in [0.05, 0.1) is 11.6 Å². The first-order valence-corrected chi connectivity index (χ1v) is 6.87. The van der Waals surface area contributed by atoms with E-state index < -0.39 is 6.10 Å². The van der Waals surface area contributed by atoms with Crippen LogP contribution in [0.1, 0.15) is 22.9 Å². The highest BCUT2D eigenvalue weighted by molar-refractivity contribution is 5.79. The minimum atomic E-state index is -0.572. The molecular formula is C17H17N3O. The molecule has 2 aromatic heterocycles. The predicted molar refractivity (Wildman–Crippen MR) is 83.8 cm³/mol. The van der Waals surface area contributed by atoms with Crippen LogP contribution in [0.25, 0.3) is 10.9 Å². The molecule has 3 rings (SSSR count). The summed E-state index contributed by atoms with van der Waals surface area (Å²) in [4.78, 5) is 8.42. The monoisotopic (exact) mass is 279 g/mol. The first-order valence-electron chi connectivity index (χ1n) is 6.87. The summed E-state index contributed by atoms with van der Waals surface area (Å²) in [7, 11) is 0. The van der Waals surface area contributed by atoms with Crippen LogP contribution in [0.2, 0.25) is 0 Å². The first-order chi connectivity index (χ1) is 10.1. The molecule has 1 unspecified atom stereocenters. The number of nitrogen functional groups attached to an aromatic ring is 1. The summed E-state index contributed by atoms with van der Waals surface area (Å²) in [6.45, 7) is 1.97. The van der Waals surface area contributed by atoms with Gasteiger partial charge in [-0.05, 0) is 48.4 Å². The summed E-state index contributed by atoms with van der Waals surface area (Å²) in [5.74, 6) is 0.470. The lowest BCUT2D eigenvalue weighted by atomic mass is 10.0. The Morgan fingerprint density at radius 1 is 1.14 bits per heavy atom. The zero-order chi connectivity index (χ0) is 14.8. The Kier molecular flexibility index (Phi) is 3.54. The van der Waals surface area contributed by atoms with Crippen molar-refractivity contribution in [2.45, 2.75) is 19.4 Å². The molecule has 0 amide bonds. The summed E-state index contributed by atoms with van der Waals surface area (Å²) in [6.07, 6.45) is 1.60. The minimum Gasteiger partial charge on any atom is -0.388 e. The molecule has 2 heterocycles. The van der Waals surface area contributed by atoms with Crippen LogP contribution in [0.15, 0.2) is 48.7 Å². The van der Waals surface area contributed by atoms with Crippen molar-refractivity contribution in [1.29, 1.82) is 0 Å². The third-order valence-electron chi connectivity index (χ3n) is 3.51. The summed E-state index contributed by atoms with van der Waals surface area (Å²) >= 11 is 0. The van der Waals surface area contributed by atoms with Gasteiger partial charge in [-0.3, -0.25) is 4.98 Å². The maximum Gasteiger partial charge on any atom is 0.123 e. The van der Waals surface area contributed by atoms with Crippen LogP contribution < -0.4 is 5.73 Å². The number of aliphatic hydroxyl groups is 1. The molecule has 0 saturated carbocycles. The normalized spacial score (nSPS) is 12.5. The van der Waals surface area contributed by atoms with Gasteiger partial charge in [-0.25, -0.2) is 4.98 Å². The van der Waals surface area contributed by atoms with Gasteiger partial charge in [0.1, 0.15) is 5.82 Å². The van der Waals surface area contributed by atoms with Crippen LogP contribution in [0.3, 0.4) is 0 Å². The van der Waals surface area contributed by atoms with Gasteiger partial charge >= 0.3 is 0 Å². The molecule has 0 fully saturated rings. The molecule has 0 radical (unpaired) electrons. The molecule has 3 N–H and O–H groups in total. The molecule has 3 aromatic rings. The van der Waals surface area contributed by atoms with Crippen LogP contribution >= 0.6 is 0 Å². The zero-order valence-corrected chi connectivity index (χ0v) is 11.8. The number of aryl methyl sites for hydroxylation is 1. The first kappa shape index (κ1) is 13.5. The highest BCUT2D eigenvalue weighted by Gasteiger charge is 2.10. The van der Waals surface area contributed by atoms with Crippen molar-refractivity contribution in [3.8, 4) is 0 Å². The molecule has 0 spiro atoms. The molecule has 4 heteroatoms. The SMILES string of the molecule is Cc1ccc2cc(C(O)Cc3ccnc(N)c3)ccc2n1. The zero-order valence-electron chi connectivity index (χ0n) is 11.8. The lowest BCUT2D eigenvalue weighted by Gasteiger charge is -2.12. The molecule has 0 aliphatic rings. The Morgan fingerprint density at radius 2 is 2.00 bits per heavy atom. The second kappa shape index (κ2) is 5.50. The molecule has 4 nitrogen and oxygen atoms in total. The van der Waals surface area contributed by atoms with E-state index in [9.17, 15) is 5.11 Å². The Balaban J connectivity index is 1.87. The van der Waals surface area contributed by atoms with Crippen molar-refractivity contribution in [1.82, 2.24) is 9.97 Å². The van der Waals surface area contributed by atoms with Crippen molar-refractivity contribution in [2.24, 2.45) is 0 Å². The van der Waals surface area contributed by atoms with E-state index in [0.29, 0.717) is 12.2 Å². The Bertz CT molecular complexity index is 786. The number of nitrogens with two attached hydrogens (primary N) is 1. The maximum atomic E-state index is 10.4. The third-order valence-corrected chi connectivity index (χ3v) is 3.51. The smallest absolute Gasteiger partial charge is 0.123 e. The van der Waals surface area contributed by atoms with Crippen LogP contribution in [0.4, 0.5) is 5.82 Å². The topological polar surface area (TPSA) is 72.0 Å². The van der Waals surface area contributed by atoms with Gasteiger partial charge in [0.2, 0.25) is 0 Å². The van der Waals surface area contributed by atoms with Crippen LogP contribution in [0.5, 0.6) is 0 Å². The molecular weight excluding hydrogens is 262 g/mol. The maximum absolute atomic E-state index is 10.4. The van der Waals surface area contributed by atoms with Crippen molar-refractivity contribution >= 4 is 16.7 Å². The summed E-state index contributed by atoms with van der Waals surface area (Å²) in [5, 5.41) is 11.4. The highest BCUT2D eigenvalue weighted by Crippen LogP contribution is 2.23. The standard InChI is InChI=1S/C17H17N3O/c1-11-2-3-13-10-14(4-5-15(13)20-11)16(21)8-12-6-7-19-17(18)9-12/h2-7,9-10,16,21H,8H2,1H3,(H2,18,19). The molecule has 1 atom stereocenters. The number of hydrogen-bond acceptors (Lipinski definition) is 4. The number of benzene rings is 1. The van der Waals surface area contributed by atoms with Gasteiger partial charge in [-0.15, -0.1) is 0 Å². The van der Waals surface area contributed by atoms with E-state index in [-0.39, 0.29) is 0 Å². The third kappa shape index (κ3) is 3.01. The molecule has 0 bridgehead atoms. The number of fused-ring (bicyclic) bond motifs is 1. The van der Waals surface area contributed by atoms with Gasteiger partial charge in [-0.1, -0.05) is 12.1 Å². The molecule has 0 aliphatic heterocycles. The van der Waals surface area contributed by atoms with E-state index in [2.05, 4.69) is 9.97 Å². The lowest BCUT2D eigenvalue weighted by molar-refractivity contribution is 0.178. The fraction of sp³-hybridized carbons (Fsp3) is 0.176. The number of aliphatic hydroxyl groups excluding tert-OH is 1. The van der Waals surface area contributed by atoms with Gasteiger partial charge in [-0.2, -0.15) is 0 Å². The fourth-order valence-corrected chi connectivity index (χ4v) is 2.42. The van der Waals surface area contributed by atoms with E-state index in [4.69, 9.17) is 5.73 Å². The Labute approximate surface area is 123 Å². The van der Waals surface area contributed by atoms with Crippen molar-refractivity contribution < 1.29 is 5.11 Å². The molecule has 1 aromatic carbocycles. The van der Waals surface area contributed by atoms with Crippen LogP contribution in [-0.4, -0.2) is 15.1 Å². The second-order valence-electron chi connectivity index (χ2n) is 5.21. The highest BCUT2D eigenvalue weighted by atomic mass is 16.3.